The summed E-state index contributed by atoms with van der Waals surface area (Å²) in [5.74, 6) is 0.364. The number of rotatable bonds is 5. The van der Waals surface area contributed by atoms with Crippen molar-refractivity contribution in [3.8, 4) is 0 Å². The second-order valence-electron chi connectivity index (χ2n) is 3.38. The zero-order chi connectivity index (χ0) is 10.1. The van der Waals surface area contributed by atoms with E-state index in [2.05, 4.69) is 5.32 Å². The van der Waals surface area contributed by atoms with Crippen LogP contribution < -0.4 is 5.32 Å². The standard InChI is InChI=1S/C7H14FNO3S/c1-2-7(8,13(10,11)12)9-5-6-3-4-6/h6,9H,2-5H2,1H3,(H,10,11,12)/t7-/m1/s1. The lowest BCUT2D eigenvalue weighted by Gasteiger charge is -2.21. The quantitative estimate of drug-likeness (QED) is 0.524. The van der Waals surface area contributed by atoms with Gasteiger partial charge in [0.2, 0.25) is 0 Å². The summed E-state index contributed by atoms with van der Waals surface area (Å²) in [6.45, 7) is 1.68. The molecule has 1 saturated carbocycles. The first-order valence-electron chi connectivity index (χ1n) is 4.30. The minimum Gasteiger partial charge on any atom is -0.282 e. The topological polar surface area (TPSA) is 66.4 Å². The molecule has 6 heteroatoms. The molecule has 1 aliphatic carbocycles. The van der Waals surface area contributed by atoms with Crippen LogP contribution in [0.4, 0.5) is 4.39 Å². The molecule has 0 aromatic carbocycles. The number of hydrogen-bond acceptors (Lipinski definition) is 3. The van der Waals surface area contributed by atoms with Crippen LogP contribution in [0.15, 0.2) is 0 Å². The first-order valence-corrected chi connectivity index (χ1v) is 5.74. The Morgan fingerprint density at radius 2 is 2.15 bits per heavy atom. The number of alkyl halides is 1. The second kappa shape index (κ2) is 3.51. The van der Waals surface area contributed by atoms with Crippen molar-refractivity contribution in [3.05, 3.63) is 0 Å². The Morgan fingerprint density at radius 3 is 2.46 bits per heavy atom. The lowest BCUT2D eigenvalue weighted by Crippen LogP contribution is -2.48. The van der Waals surface area contributed by atoms with E-state index in [1.807, 2.05) is 0 Å². The average molecular weight is 211 g/mol. The van der Waals surface area contributed by atoms with Gasteiger partial charge in [-0.05, 0) is 18.8 Å². The molecule has 0 spiro atoms. The smallest absolute Gasteiger partial charge is 0.282 e. The molecule has 1 rings (SSSR count). The highest BCUT2D eigenvalue weighted by atomic mass is 32.2. The third-order valence-electron chi connectivity index (χ3n) is 2.22. The summed E-state index contributed by atoms with van der Waals surface area (Å²) in [5.41, 5.74) is 0. The Balaban J connectivity index is 2.56. The van der Waals surface area contributed by atoms with Crippen LogP contribution in [-0.4, -0.2) is 24.6 Å². The lowest BCUT2D eigenvalue weighted by atomic mass is 10.4. The van der Waals surface area contributed by atoms with Crippen LogP contribution >= 0.6 is 0 Å². The monoisotopic (exact) mass is 211 g/mol. The number of nitrogens with one attached hydrogen (secondary N) is 1. The zero-order valence-electron chi connectivity index (χ0n) is 7.46. The van der Waals surface area contributed by atoms with Crippen LogP contribution in [0.3, 0.4) is 0 Å². The maximum atomic E-state index is 13.5. The largest absolute Gasteiger partial charge is 0.314 e. The Labute approximate surface area is 77.3 Å². The molecule has 0 unspecified atom stereocenters. The molecule has 1 aliphatic rings. The van der Waals surface area contributed by atoms with Gasteiger partial charge in [0.05, 0.1) is 0 Å². The van der Waals surface area contributed by atoms with E-state index in [1.165, 1.54) is 6.92 Å². The molecule has 1 fully saturated rings. The van der Waals surface area contributed by atoms with E-state index in [0.29, 0.717) is 12.5 Å². The minimum absolute atomic E-state index is 0.293. The van der Waals surface area contributed by atoms with Crippen molar-refractivity contribution in [3.63, 3.8) is 0 Å². The normalized spacial score (nSPS) is 22.7. The van der Waals surface area contributed by atoms with Crippen molar-refractivity contribution < 1.29 is 17.4 Å². The van der Waals surface area contributed by atoms with Gasteiger partial charge in [0.25, 0.3) is 5.12 Å². The first kappa shape index (κ1) is 10.9. The Kier molecular flexibility index (Phi) is 2.94. The van der Waals surface area contributed by atoms with Gasteiger partial charge < -0.3 is 0 Å². The lowest BCUT2D eigenvalue weighted by molar-refractivity contribution is 0.186. The molecule has 78 valence electrons. The fourth-order valence-electron chi connectivity index (χ4n) is 1.02. The van der Waals surface area contributed by atoms with Gasteiger partial charge in [-0.15, -0.1) is 0 Å². The molecule has 2 N–H and O–H groups in total. The first-order chi connectivity index (χ1) is 5.89. The fraction of sp³-hybridized carbons (Fsp3) is 1.00. The average Bonchev–Trinajstić information content (AvgIpc) is 2.81. The van der Waals surface area contributed by atoms with Gasteiger partial charge in [0, 0.05) is 13.0 Å². The van der Waals surface area contributed by atoms with Gasteiger partial charge in [-0.1, -0.05) is 6.92 Å². The Morgan fingerprint density at radius 1 is 1.62 bits per heavy atom. The van der Waals surface area contributed by atoms with Crippen molar-refractivity contribution in [1.29, 1.82) is 0 Å². The van der Waals surface area contributed by atoms with E-state index in [1.54, 1.807) is 0 Å². The highest BCUT2D eigenvalue weighted by molar-refractivity contribution is 7.87. The molecular formula is C7H14FNO3S. The predicted molar refractivity (Wildman–Crippen MR) is 46.4 cm³/mol. The van der Waals surface area contributed by atoms with Crippen LogP contribution in [0.1, 0.15) is 26.2 Å². The van der Waals surface area contributed by atoms with Gasteiger partial charge in [0.15, 0.2) is 0 Å². The summed E-state index contributed by atoms with van der Waals surface area (Å²) in [4.78, 5) is 0. The van der Waals surface area contributed by atoms with Crippen LogP contribution in [-0.2, 0) is 10.1 Å². The van der Waals surface area contributed by atoms with E-state index in [9.17, 15) is 12.8 Å². The van der Waals surface area contributed by atoms with Crippen molar-refractivity contribution in [2.24, 2.45) is 5.92 Å². The van der Waals surface area contributed by atoms with E-state index in [0.717, 1.165) is 12.8 Å². The second-order valence-corrected chi connectivity index (χ2v) is 4.98. The summed E-state index contributed by atoms with van der Waals surface area (Å²) in [6, 6.07) is 0. The molecule has 0 radical (unpaired) electrons. The maximum Gasteiger partial charge on any atom is 0.314 e. The van der Waals surface area contributed by atoms with Crippen molar-refractivity contribution in [2.45, 2.75) is 31.3 Å². The van der Waals surface area contributed by atoms with Gasteiger partial charge in [-0.2, -0.15) is 8.42 Å². The van der Waals surface area contributed by atoms with Crippen LogP contribution in [0.2, 0.25) is 0 Å². The predicted octanol–water partition coefficient (Wildman–Crippen LogP) is 0.907. The number of hydrogen-bond donors (Lipinski definition) is 2. The van der Waals surface area contributed by atoms with E-state index < -0.39 is 15.2 Å². The van der Waals surface area contributed by atoms with Gasteiger partial charge in [-0.25, -0.2) is 4.39 Å². The Hall–Kier alpha value is -0.200. The van der Waals surface area contributed by atoms with E-state index in [-0.39, 0.29) is 6.42 Å². The number of halogens is 1. The molecule has 0 amide bonds. The molecule has 0 aromatic rings. The molecule has 0 aromatic heterocycles. The highest BCUT2D eigenvalue weighted by Gasteiger charge is 2.42. The highest BCUT2D eigenvalue weighted by Crippen LogP contribution is 2.29. The molecule has 4 nitrogen and oxygen atoms in total. The van der Waals surface area contributed by atoms with Crippen molar-refractivity contribution >= 4 is 10.1 Å². The summed E-state index contributed by atoms with van der Waals surface area (Å²) in [5, 5.41) is -0.428. The van der Waals surface area contributed by atoms with Crippen molar-refractivity contribution in [2.75, 3.05) is 6.54 Å². The third kappa shape index (κ3) is 2.62. The summed E-state index contributed by atoms with van der Waals surface area (Å²) >= 11 is 0. The third-order valence-corrected chi connectivity index (χ3v) is 3.47. The molecule has 0 bridgehead atoms. The van der Waals surface area contributed by atoms with Gasteiger partial charge in [0.1, 0.15) is 0 Å². The fourth-order valence-corrected chi connectivity index (χ4v) is 1.65. The molecule has 0 heterocycles. The van der Waals surface area contributed by atoms with Crippen molar-refractivity contribution in [1.82, 2.24) is 5.32 Å². The van der Waals surface area contributed by atoms with Crippen LogP contribution in [0.25, 0.3) is 0 Å². The SMILES string of the molecule is CC[C@@](F)(NCC1CC1)S(=O)(=O)O. The zero-order valence-corrected chi connectivity index (χ0v) is 8.27. The summed E-state index contributed by atoms with van der Waals surface area (Å²) < 4.78 is 43.3. The van der Waals surface area contributed by atoms with E-state index in [4.69, 9.17) is 4.55 Å². The van der Waals surface area contributed by atoms with Crippen LogP contribution in [0.5, 0.6) is 0 Å². The summed E-state index contributed by atoms with van der Waals surface area (Å²) in [7, 11) is -4.66. The molecular weight excluding hydrogens is 197 g/mol. The molecule has 1 atom stereocenters. The van der Waals surface area contributed by atoms with E-state index >= 15 is 0 Å². The maximum absolute atomic E-state index is 13.5. The summed E-state index contributed by atoms with van der Waals surface area (Å²) in [6.07, 6.45) is 1.70. The van der Waals surface area contributed by atoms with Gasteiger partial charge >= 0.3 is 10.1 Å². The Bertz CT molecular complexity index is 275. The molecule has 13 heavy (non-hydrogen) atoms. The molecule has 0 saturated heterocycles. The van der Waals surface area contributed by atoms with Crippen LogP contribution in [0, 0.1) is 5.92 Å². The minimum atomic E-state index is -4.66. The van der Waals surface area contributed by atoms with Gasteiger partial charge in [-0.3, -0.25) is 9.87 Å². The molecule has 0 aliphatic heterocycles.